The molecule has 6 heteroatoms. The van der Waals surface area contributed by atoms with Crippen LogP contribution in [0.5, 0.6) is 0 Å². The lowest BCUT2D eigenvalue weighted by Gasteiger charge is -2.21. The molecule has 116 valence electrons. The average molecular weight is 309 g/mol. The van der Waals surface area contributed by atoms with Gasteiger partial charge in [-0.3, -0.25) is 0 Å². The summed E-state index contributed by atoms with van der Waals surface area (Å²) in [5.41, 5.74) is 9.09. The Balaban J connectivity index is 2.18. The van der Waals surface area contributed by atoms with Crippen LogP contribution >= 0.6 is 12.2 Å². The third-order valence-electron chi connectivity index (χ3n) is 3.75. The van der Waals surface area contributed by atoms with Gasteiger partial charge in [0.15, 0.2) is 0 Å². The monoisotopic (exact) mass is 309 g/mol. The Hall–Kier alpha value is -1.24. The van der Waals surface area contributed by atoms with Gasteiger partial charge in [0.2, 0.25) is 0 Å². The predicted octanol–water partition coefficient (Wildman–Crippen LogP) is 1.67. The van der Waals surface area contributed by atoms with E-state index in [2.05, 4.69) is 11.4 Å². The second kappa shape index (κ2) is 7.68. The van der Waals surface area contributed by atoms with Gasteiger partial charge in [-0.1, -0.05) is 12.2 Å². The highest BCUT2D eigenvalue weighted by Crippen LogP contribution is 2.24. The van der Waals surface area contributed by atoms with Gasteiger partial charge in [-0.2, -0.15) is 0 Å². The fraction of sp³-hybridized carbons (Fsp3) is 0.600. The van der Waals surface area contributed by atoms with E-state index in [0.29, 0.717) is 18.1 Å². The molecule has 0 aliphatic heterocycles. The van der Waals surface area contributed by atoms with Crippen molar-refractivity contribution in [2.45, 2.75) is 31.8 Å². The van der Waals surface area contributed by atoms with Crippen LogP contribution in [0.15, 0.2) is 6.07 Å². The van der Waals surface area contributed by atoms with Gasteiger partial charge in [-0.25, -0.2) is 4.98 Å². The largest absolute Gasteiger partial charge is 0.389 e. The molecule has 0 bridgehead atoms. The molecule has 1 heterocycles. The van der Waals surface area contributed by atoms with Gasteiger partial charge in [0.25, 0.3) is 0 Å². The van der Waals surface area contributed by atoms with Crippen molar-refractivity contribution in [1.82, 2.24) is 4.98 Å². The molecule has 2 rings (SSSR count). The Morgan fingerprint density at radius 1 is 1.43 bits per heavy atom. The summed E-state index contributed by atoms with van der Waals surface area (Å²) in [6.07, 6.45) is 4.44. The second-order valence-corrected chi connectivity index (χ2v) is 5.70. The number of anilines is 1. The summed E-state index contributed by atoms with van der Waals surface area (Å²) in [4.78, 5) is 5.10. The standard InChI is InChI=1S/C15H23N3O2S/c1-19-9-11(20-2)8-17-15-12(14(16)21)7-10-5-3-4-6-13(10)18-15/h7,11H,3-6,8-9H2,1-2H3,(H2,16,21)(H,17,18). The molecule has 0 saturated heterocycles. The highest BCUT2D eigenvalue weighted by molar-refractivity contribution is 7.80. The molecule has 0 radical (unpaired) electrons. The summed E-state index contributed by atoms with van der Waals surface area (Å²) >= 11 is 5.16. The number of hydrogen-bond donors (Lipinski definition) is 2. The smallest absolute Gasteiger partial charge is 0.136 e. The molecule has 1 unspecified atom stereocenters. The summed E-state index contributed by atoms with van der Waals surface area (Å²) < 4.78 is 10.5. The van der Waals surface area contributed by atoms with Gasteiger partial charge < -0.3 is 20.5 Å². The molecule has 0 spiro atoms. The molecule has 0 saturated carbocycles. The number of thiocarbonyl (C=S) groups is 1. The van der Waals surface area contributed by atoms with Crippen LogP contribution in [0.1, 0.15) is 29.7 Å². The zero-order valence-electron chi connectivity index (χ0n) is 12.6. The maximum Gasteiger partial charge on any atom is 0.136 e. The summed E-state index contributed by atoms with van der Waals surface area (Å²) in [6.45, 7) is 1.13. The topological polar surface area (TPSA) is 69.4 Å². The quantitative estimate of drug-likeness (QED) is 0.747. The van der Waals surface area contributed by atoms with E-state index in [1.807, 2.05) is 0 Å². The molecule has 3 N–H and O–H groups in total. The van der Waals surface area contributed by atoms with Gasteiger partial charge in [-0.05, 0) is 37.3 Å². The maximum absolute atomic E-state index is 5.84. The minimum atomic E-state index is -0.0352. The van der Waals surface area contributed by atoms with Crippen molar-refractivity contribution in [3.05, 3.63) is 22.9 Å². The summed E-state index contributed by atoms with van der Waals surface area (Å²) in [5.74, 6) is 0.751. The molecule has 21 heavy (non-hydrogen) atoms. The zero-order valence-corrected chi connectivity index (χ0v) is 13.5. The van der Waals surface area contributed by atoms with Crippen LogP contribution in [0.3, 0.4) is 0 Å². The van der Waals surface area contributed by atoms with E-state index in [4.69, 9.17) is 32.4 Å². The molecule has 1 atom stereocenters. The minimum absolute atomic E-state index is 0.0352. The van der Waals surface area contributed by atoms with Gasteiger partial charge in [0.1, 0.15) is 10.8 Å². The zero-order chi connectivity index (χ0) is 15.2. The normalized spacial score (nSPS) is 15.3. The highest BCUT2D eigenvalue weighted by atomic mass is 32.1. The maximum atomic E-state index is 5.84. The summed E-state index contributed by atoms with van der Waals surface area (Å²) in [5, 5.41) is 3.30. The number of fused-ring (bicyclic) bond motifs is 1. The molecular weight excluding hydrogens is 286 g/mol. The molecule has 0 amide bonds. The van der Waals surface area contributed by atoms with Crippen LogP contribution in [0.25, 0.3) is 0 Å². The van der Waals surface area contributed by atoms with E-state index < -0.39 is 0 Å². The number of rotatable bonds is 7. The Morgan fingerprint density at radius 3 is 2.86 bits per heavy atom. The highest BCUT2D eigenvalue weighted by Gasteiger charge is 2.17. The second-order valence-electron chi connectivity index (χ2n) is 5.26. The lowest BCUT2D eigenvalue weighted by molar-refractivity contribution is 0.0365. The van der Waals surface area contributed by atoms with Crippen molar-refractivity contribution in [3.8, 4) is 0 Å². The Labute approximate surface area is 131 Å². The first-order valence-electron chi connectivity index (χ1n) is 7.24. The first kappa shape index (κ1) is 16.1. The van der Waals surface area contributed by atoms with Crippen LogP contribution in [0.4, 0.5) is 5.82 Å². The molecule has 1 aliphatic carbocycles. The van der Waals surface area contributed by atoms with Crippen molar-refractivity contribution in [2.75, 3.05) is 32.7 Å². The van der Waals surface area contributed by atoms with Gasteiger partial charge in [-0.15, -0.1) is 0 Å². The van der Waals surface area contributed by atoms with Crippen molar-refractivity contribution in [2.24, 2.45) is 5.73 Å². The Bertz CT molecular complexity index is 508. The molecule has 0 fully saturated rings. The van der Waals surface area contributed by atoms with Crippen molar-refractivity contribution < 1.29 is 9.47 Å². The lowest BCUT2D eigenvalue weighted by Crippen LogP contribution is -2.28. The van der Waals surface area contributed by atoms with Crippen LogP contribution < -0.4 is 11.1 Å². The number of ether oxygens (including phenoxy) is 2. The number of nitrogens with two attached hydrogens (primary N) is 1. The number of aryl methyl sites for hydroxylation is 2. The number of nitrogens with zero attached hydrogens (tertiary/aromatic N) is 1. The fourth-order valence-corrected chi connectivity index (χ4v) is 2.72. The lowest BCUT2D eigenvalue weighted by atomic mass is 9.94. The average Bonchev–Trinajstić information content (AvgIpc) is 2.50. The third kappa shape index (κ3) is 4.12. The fourth-order valence-electron chi connectivity index (χ4n) is 2.56. The third-order valence-corrected chi connectivity index (χ3v) is 3.97. The molecule has 1 aromatic rings. The summed E-state index contributed by atoms with van der Waals surface area (Å²) in [7, 11) is 3.32. The Kier molecular flexibility index (Phi) is 5.90. The SMILES string of the molecule is COCC(CNc1nc2c(cc1C(N)=S)CCCC2)OC. The van der Waals surface area contributed by atoms with E-state index in [1.54, 1.807) is 14.2 Å². The molecule has 0 aromatic carbocycles. The van der Waals surface area contributed by atoms with E-state index in [-0.39, 0.29) is 6.10 Å². The number of pyridine rings is 1. The number of aromatic nitrogens is 1. The van der Waals surface area contributed by atoms with Crippen molar-refractivity contribution in [1.29, 1.82) is 0 Å². The molecule has 1 aromatic heterocycles. The Morgan fingerprint density at radius 2 is 2.19 bits per heavy atom. The van der Waals surface area contributed by atoms with E-state index in [9.17, 15) is 0 Å². The van der Waals surface area contributed by atoms with Crippen LogP contribution in [-0.2, 0) is 22.3 Å². The van der Waals surface area contributed by atoms with E-state index in [0.717, 1.165) is 29.9 Å². The van der Waals surface area contributed by atoms with Gasteiger partial charge in [0, 0.05) is 26.5 Å². The summed E-state index contributed by atoms with van der Waals surface area (Å²) in [6, 6.07) is 2.09. The first-order chi connectivity index (χ1) is 10.2. The van der Waals surface area contributed by atoms with Crippen LogP contribution in [-0.4, -0.2) is 43.4 Å². The van der Waals surface area contributed by atoms with Gasteiger partial charge in [0.05, 0.1) is 18.3 Å². The van der Waals surface area contributed by atoms with Gasteiger partial charge >= 0.3 is 0 Å². The van der Waals surface area contributed by atoms with Crippen molar-refractivity contribution in [3.63, 3.8) is 0 Å². The number of methoxy groups -OCH3 is 2. The predicted molar refractivity (Wildman–Crippen MR) is 87.9 cm³/mol. The van der Waals surface area contributed by atoms with Crippen LogP contribution in [0, 0.1) is 0 Å². The minimum Gasteiger partial charge on any atom is -0.389 e. The first-order valence-corrected chi connectivity index (χ1v) is 7.64. The molecule has 5 nitrogen and oxygen atoms in total. The van der Waals surface area contributed by atoms with Crippen LogP contribution in [0.2, 0.25) is 0 Å². The molecule has 1 aliphatic rings. The molecular formula is C15H23N3O2S. The number of nitrogens with one attached hydrogen (secondary N) is 1. The van der Waals surface area contributed by atoms with Crippen molar-refractivity contribution >= 4 is 23.0 Å². The number of hydrogen-bond acceptors (Lipinski definition) is 5. The van der Waals surface area contributed by atoms with E-state index >= 15 is 0 Å². The van der Waals surface area contributed by atoms with E-state index in [1.165, 1.54) is 18.4 Å².